The molecule has 0 amide bonds. The van der Waals surface area contributed by atoms with Gasteiger partial charge >= 0.3 is 0 Å². The normalized spacial score (nSPS) is 10.1. The van der Waals surface area contributed by atoms with Crippen molar-refractivity contribution in [1.82, 2.24) is 4.98 Å². The molecule has 0 saturated carbocycles. The van der Waals surface area contributed by atoms with Gasteiger partial charge in [-0.2, -0.15) is 0 Å². The molecule has 0 saturated heterocycles. The Balaban J connectivity index is 2.53. The van der Waals surface area contributed by atoms with E-state index in [1.165, 1.54) is 0 Å². The van der Waals surface area contributed by atoms with Crippen LogP contribution in [0.2, 0.25) is 0 Å². The zero-order valence-electron chi connectivity index (χ0n) is 9.18. The Hall–Kier alpha value is -1.87. The highest BCUT2D eigenvalue weighted by atomic mass is 16.5. The van der Waals surface area contributed by atoms with E-state index in [1.807, 2.05) is 36.4 Å². The fourth-order valence-corrected chi connectivity index (χ4v) is 1.60. The maximum atomic E-state index is 5.63. The molecule has 0 aliphatic carbocycles. The Bertz CT molecular complexity index is 469. The van der Waals surface area contributed by atoms with Gasteiger partial charge in [-0.05, 0) is 29.8 Å². The predicted molar refractivity (Wildman–Crippen MR) is 64.1 cm³/mol. The topological polar surface area (TPSA) is 48.1 Å². The number of rotatable bonds is 3. The number of nitrogens with zero attached hydrogens (tertiary/aromatic N) is 1. The third-order valence-corrected chi connectivity index (χ3v) is 2.44. The molecule has 0 atom stereocenters. The zero-order chi connectivity index (χ0) is 11.4. The third kappa shape index (κ3) is 2.04. The van der Waals surface area contributed by atoms with E-state index in [-0.39, 0.29) is 0 Å². The molecule has 0 fully saturated rings. The monoisotopic (exact) mass is 214 g/mol. The summed E-state index contributed by atoms with van der Waals surface area (Å²) >= 11 is 0. The van der Waals surface area contributed by atoms with Crippen molar-refractivity contribution in [3.05, 3.63) is 48.2 Å². The summed E-state index contributed by atoms with van der Waals surface area (Å²) < 4.78 is 5.32. The Morgan fingerprint density at radius 3 is 2.75 bits per heavy atom. The molecule has 0 aliphatic heterocycles. The Morgan fingerprint density at radius 2 is 2.12 bits per heavy atom. The van der Waals surface area contributed by atoms with Crippen LogP contribution in [-0.2, 0) is 6.54 Å². The molecule has 2 N–H and O–H groups in total. The van der Waals surface area contributed by atoms with Crippen LogP contribution in [-0.4, -0.2) is 12.1 Å². The van der Waals surface area contributed by atoms with Crippen LogP contribution >= 0.6 is 0 Å². The number of nitrogens with two attached hydrogens (primary N) is 1. The number of hydrogen-bond acceptors (Lipinski definition) is 3. The molecule has 1 aromatic heterocycles. The summed E-state index contributed by atoms with van der Waals surface area (Å²) in [5.74, 6) is 0.816. The summed E-state index contributed by atoms with van der Waals surface area (Å²) in [6, 6.07) is 11.7. The first-order valence-electron chi connectivity index (χ1n) is 5.13. The number of benzene rings is 1. The molecule has 0 bridgehead atoms. The average molecular weight is 214 g/mol. The molecule has 1 aromatic carbocycles. The second kappa shape index (κ2) is 4.77. The second-order valence-electron chi connectivity index (χ2n) is 3.45. The van der Waals surface area contributed by atoms with Crippen LogP contribution in [0.5, 0.6) is 5.75 Å². The zero-order valence-corrected chi connectivity index (χ0v) is 9.18. The number of methoxy groups -OCH3 is 1. The lowest BCUT2D eigenvalue weighted by molar-refractivity contribution is 0.416. The molecule has 2 rings (SSSR count). The number of aromatic nitrogens is 1. The highest BCUT2D eigenvalue weighted by Crippen LogP contribution is 2.29. The molecule has 1 heterocycles. The van der Waals surface area contributed by atoms with Gasteiger partial charge in [-0.25, -0.2) is 0 Å². The van der Waals surface area contributed by atoms with Crippen LogP contribution < -0.4 is 10.5 Å². The minimum absolute atomic E-state index is 0.518. The maximum absolute atomic E-state index is 5.63. The van der Waals surface area contributed by atoms with Crippen LogP contribution in [0.3, 0.4) is 0 Å². The number of pyridine rings is 1. The van der Waals surface area contributed by atoms with Crippen LogP contribution in [0.4, 0.5) is 0 Å². The van der Waals surface area contributed by atoms with Gasteiger partial charge in [0.25, 0.3) is 0 Å². The van der Waals surface area contributed by atoms with E-state index in [9.17, 15) is 0 Å². The van der Waals surface area contributed by atoms with E-state index in [0.29, 0.717) is 6.54 Å². The van der Waals surface area contributed by atoms with Crippen molar-refractivity contribution < 1.29 is 4.74 Å². The van der Waals surface area contributed by atoms with Gasteiger partial charge < -0.3 is 10.5 Å². The van der Waals surface area contributed by atoms with Gasteiger partial charge in [0.1, 0.15) is 5.75 Å². The Kier molecular flexibility index (Phi) is 3.17. The van der Waals surface area contributed by atoms with Crippen LogP contribution in [0.25, 0.3) is 11.3 Å². The predicted octanol–water partition coefficient (Wildman–Crippen LogP) is 2.22. The third-order valence-electron chi connectivity index (χ3n) is 2.44. The summed E-state index contributed by atoms with van der Waals surface area (Å²) in [4.78, 5) is 4.31. The summed E-state index contributed by atoms with van der Waals surface area (Å²) in [6.07, 6.45) is 1.77. The molecular weight excluding hydrogens is 200 g/mol. The SMILES string of the molecule is COc1ccc(CN)cc1-c1ccccn1. The van der Waals surface area contributed by atoms with Gasteiger partial charge in [0.15, 0.2) is 0 Å². The molecule has 0 aliphatic rings. The first-order chi connectivity index (χ1) is 7.85. The molecule has 3 heteroatoms. The minimum atomic E-state index is 0.518. The van der Waals surface area contributed by atoms with Crippen LogP contribution in [0.1, 0.15) is 5.56 Å². The lowest BCUT2D eigenvalue weighted by atomic mass is 10.1. The van der Waals surface area contributed by atoms with E-state index in [1.54, 1.807) is 13.3 Å². The van der Waals surface area contributed by atoms with Crippen molar-refractivity contribution >= 4 is 0 Å². The molecule has 3 nitrogen and oxygen atoms in total. The average Bonchev–Trinajstić information content (AvgIpc) is 2.39. The van der Waals surface area contributed by atoms with Gasteiger partial charge in [0.05, 0.1) is 12.8 Å². The summed E-state index contributed by atoms with van der Waals surface area (Å²) in [5.41, 5.74) is 8.57. The molecule has 0 radical (unpaired) electrons. The first-order valence-corrected chi connectivity index (χ1v) is 5.13. The Morgan fingerprint density at radius 1 is 1.25 bits per heavy atom. The van der Waals surface area contributed by atoms with E-state index in [0.717, 1.165) is 22.6 Å². The van der Waals surface area contributed by atoms with Gasteiger partial charge in [0, 0.05) is 18.3 Å². The molecule has 0 unspecified atom stereocenters. The van der Waals surface area contributed by atoms with Gasteiger partial charge in [0.2, 0.25) is 0 Å². The highest BCUT2D eigenvalue weighted by molar-refractivity contribution is 5.67. The number of hydrogen-bond donors (Lipinski definition) is 1. The van der Waals surface area contributed by atoms with Gasteiger partial charge in [-0.3, -0.25) is 4.98 Å². The quantitative estimate of drug-likeness (QED) is 0.852. The molecule has 2 aromatic rings. The van der Waals surface area contributed by atoms with E-state index >= 15 is 0 Å². The smallest absolute Gasteiger partial charge is 0.128 e. The largest absolute Gasteiger partial charge is 0.496 e. The van der Waals surface area contributed by atoms with E-state index in [4.69, 9.17) is 10.5 Å². The van der Waals surface area contributed by atoms with Gasteiger partial charge in [-0.1, -0.05) is 12.1 Å². The fraction of sp³-hybridized carbons (Fsp3) is 0.154. The van der Waals surface area contributed by atoms with Crippen molar-refractivity contribution in [3.8, 4) is 17.0 Å². The van der Waals surface area contributed by atoms with Crippen molar-refractivity contribution in [2.75, 3.05) is 7.11 Å². The van der Waals surface area contributed by atoms with Crippen LogP contribution in [0, 0.1) is 0 Å². The molecule has 82 valence electrons. The van der Waals surface area contributed by atoms with Crippen LogP contribution in [0.15, 0.2) is 42.6 Å². The fourth-order valence-electron chi connectivity index (χ4n) is 1.60. The molecular formula is C13H14N2O. The number of ether oxygens (including phenoxy) is 1. The lowest BCUT2D eigenvalue weighted by Crippen LogP contribution is -1.98. The highest BCUT2D eigenvalue weighted by Gasteiger charge is 2.07. The van der Waals surface area contributed by atoms with E-state index < -0.39 is 0 Å². The van der Waals surface area contributed by atoms with E-state index in [2.05, 4.69) is 4.98 Å². The summed E-state index contributed by atoms with van der Waals surface area (Å²) in [7, 11) is 1.66. The van der Waals surface area contributed by atoms with Crippen molar-refractivity contribution in [2.45, 2.75) is 6.54 Å². The standard InChI is InChI=1S/C13H14N2O/c1-16-13-6-5-10(9-14)8-11(13)12-4-2-3-7-15-12/h2-8H,9,14H2,1H3. The van der Waals surface area contributed by atoms with Crippen molar-refractivity contribution in [2.24, 2.45) is 5.73 Å². The van der Waals surface area contributed by atoms with Gasteiger partial charge in [-0.15, -0.1) is 0 Å². The summed E-state index contributed by atoms with van der Waals surface area (Å²) in [5, 5.41) is 0. The summed E-state index contributed by atoms with van der Waals surface area (Å²) in [6.45, 7) is 0.518. The second-order valence-corrected chi connectivity index (χ2v) is 3.45. The Labute approximate surface area is 94.9 Å². The first kappa shape index (κ1) is 10.6. The minimum Gasteiger partial charge on any atom is -0.496 e. The maximum Gasteiger partial charge on any atom is 0.128 e. The van der Waals surface area contributed by atoms with Crippen molar-refractivity contribution in [1.29, 1.82) is 0 Å². The molecule has 16 heavy (non-hydrogen) atoms. The van der Waals surface area contributed by atoms with Crippen molar-refractivity contribution in [3.63, 3.8) is 0 Å². The molecule has 0 spiro atoms. The lowest BCUT2D eigenvalue weighted by Gasteiger charge is -2.09.